The molecule has 1 aromatic heterocycles. The van der Waals surface area contributed by atoms with Gasteiger partial charge in [0.05, 0.1) is 17.3 Å². The first-order valence-corrected chi connectivity index (χ1v) is 9.86. The molecule has 2 heterocycles. The minimum atomic E-state index is -0.481. The molecule has 1 N–H and O–H groups in total. The van der Waals surface area contributed by atoms with Gasteiger partial charge in [0.25, 0.3) is 0 Å². The van der Waals surface area contributed by atoms with Gasteiger partial charge in [-0.05, 0) is 73.2 Å². The van der Waals surface area contributed by atoms with E-state index >= 15 is 0 Å². The standard InChI is InChI=1S/C20H25BrN2O4/c1-20(2,3)27-19(25)23-9-7-12(8-10-23)13-5-6-15-14(11-13)16(17(21)22-15)18(24)26-4/h5-6,11-12,22H,7-10H2,1-4H3. The Morgan fingerprint density at radius 2 is 1.89 bits per heavy atom. The van der Waals surface area contributed by atoms with Crippen LogP contribution in [0.25, 0.3) is 10.9 Å². The molecule has 146 valence electrons. The number of nitrogens with zero attached hydrogens (tertiary/aromatic N) is 1. The lowest BCUT2D eigenvalue weighted by molar-refractivity contribution is 0.0204. The van der Waals surface area contributed by atoms with Crippen LogP contribution in [0.4, 0.5) is 4.79 Å². The second-order valence-corrected chi connectivity index (χ2v) is 8.65. The van der Waals surface area contributed by atoms with Crippen LogP contribution in [0.5, 0.6) is 0 Å². The number of amides is 1. The molecule has 2 aromatic rings. The molecule has 0 bridgehead atoms. The Kier molecular flexibility index (Phi) is 5.51. The SMILES string of the molecule is COC(=O)c1c(Br)[nH]c2ccc(C3CCN(C(=O)OC(C)(C)C)CC3)cc12. The Balaban J connectivity index is 1.76. The first kappa shape index (κ1) is 19.7. The van der Waals surface area contributed by atoms with Gasteiger partial charge in [-0.25, -0.2) is 9.59 Å². The lowest BCUT2D eigenvalue weighted by Crippen LogP contribution is -2.41. The maximum absolute atomic E-state index is 12.2. The van der Waals surface area contributed by atoms with E-state index in [4.69, 9.17) is 9.47 Å². The summed E-state index contributed by atoms with van der Waals surface area (Å²) >= 11 is 3.40. The van der Waals surface area contributed by atoms with Crippen LogP contribution in [0.3, 0.4) is 0 Å². The van der Waals surface area contributed by atoms with Crippen molar-refractivity contribution in [1.82, 2.24) is 9.88 Å². The Labute approximate surface area is 167 Å². The number of nitrogens with one attached hydrogen (secondary N) is 1. The molecule has 1 aromatic carbocycles. The minimum Gasteiger partial charge on any atom is -0.465 e. The van der Waals surface area contributed by atoms with Crippen molar-refractivity contribution in [2.75, 3.05) is 20.2 Å². The lowest BCUT2D eigenvalue weighted by Gasteiger charge is -2.33. The molecular formula is C20H25BrN2O4. The van der Waals surface area contributed by atoms with Crippen LogP contribution in [0.15, 0.2) is 22.8 Å². The van der Waals surface area contributed by atoms with Gasteiger partial charge in [-0.1, -0.05) is 6.07 Å². The van der Waals surface area contributed by atoms with Gasteiger partial charge in [0.2, 0.25) is 0 Å². The fraction of sp³-hybridized carbons (Fsp3) is 0.500. The van der Waals surface area contributed by atoms with Crippen LogP contribution in [-0.4, -0.2) is 47.7 Å². The third-order valence-electron chi connectivity index (χ3n) is 4.78. The number of hydrogen-bond acceptors (Lipinski definition) is 4. The van der Waals surface area contributed by atoms with E-state index < -0.39 is 5.60 Å². The molecule has 0 saturated carbocycles. The summed E-state index contributed by atoms with van der Waals surface area (Å²) in [7, 11) is 1.38. The van der Waals surface area contributed by atoms with Gasteiger partial charge in [-0.3, -0.25) is 0 Å². The fourth-order valence-electron chi connectivity index (χ4n) is 3.45. The molecule has 3 rings (SSSR count). The topological polar surface area (TPSA) is 71.6 Å². The van der Waals surface area contributed by atoms with E-state index in [1.807, 2.05) is 26.8 Å². The lowest BCUT2D eigenvalue weighted by atomic mass is 9.88. The zero-order valence-electron chi connectivity index (χ0n) is 16.1. The van der Waals surface area contributed by atoms with Gasteiger partial charge in [-0.15, -0.1) is 0 Å². The Bertz CT molecular complexity index is 861. The summed E-state index contributed by atoms with van der Waals surface area (Å²) in [4.78, 5) is 29.3. The van der Waals surface area contributed by atoms with Crippen molar-refractivity contribution < 1.29 is 19.1 Å². The smallest absolute Gasteiger partial charge is 0.410 e. The number of piperidine rings is 1. The van der Waals surface area contributed by atoms with Crippen molar-refractivity contribution in [1.29, 1.82) is 0 Å². The number of aromatic nitrogens is 1. The average Bonchev–Trinajstić information content (AvgIpc) is 2.94. The molecule has 6 nitrogen and oxygen atoms in total. The quantitative estimate of drug-likeness (QED) is 0.684. The van der Waals surface area contributed by atoms with Gasteiger partial charge >= 0.3 is 12.1 Å². The summed E-state index contributed by atoms with van der Waals surface area (Å²) in [6.07, 6.45) is 1.48. The Morgan fingerprint density at radius 1 is 1.22 bits per heavy atom. The van der Waals surface area contributed by atoms with Gasteiger partial charge < -0.3 is 19.4 Å². The number of aromatic amines is 1. The molecular weight excluding hydrogens is 412 g/mol. The molecule has 0 atom stereocenters. The number of methoxy groups -OCH3 is 1. The molecule has 1 aliphatic rings. The molecule has 7 heteroatoms. The predicted molar refractivity (Wildman–Crippen MR) is 107 cm³/mol. The molecule has 1 fully saturated rings. The van der Waals surface area contributed by atoms with Crippen LogP contribution in [-0.2, 0) is 9.47 Å². The Morgan fingerprint density at radius 3 is 2.48 bits per heavy atom. The number of fused-ring (bicyclic) bond motifs is 1. The molecule has 1 amide bonds. The zero-order chi connectivity index (χ0) is 19.8. The number of benzene rings is 1. The van der Waals surface area contributed by atoms with E-state index in [1.54, 1.807) is 4.90 Å². The maximum Gasteiger partial charge on any atom is 0.410 e. The van der Waals surface area contributed by atoms with Gasteiger partial charge in [-0.2, -0.15) is 0 Å². The number of ether oxygens (including phenoxy) is 2. The number of H-pyrrole nitrogens is 1. The average molecular weight is 437 g/mol. The third kappa shape index (κ3) is 4.29. The van der Waals surface area contributed by atoms with Crippen molar-refractivity contribution >= 4 is 38.9 Å². The second-order valence-electron chi connectivity index (χ2n) is 7.85. The number of carbonyl (C=O) groups is 2. The maximum atomic E-state index is 12.2. The largest absolute Gasteiger partial charge is 0.465 e. The Hall–Kier alpha value is -2.02. The normalized spacial score (nSPS) is 15.8. The van der Waals surface area contributed by atoms with Crippen molar-refractivity contribution in [3.05, 3.63) is 33.9 Å². The van der Waals surface area contributed by atoms with Crippen LogP contribution < -0.4 is 0 Å². The highest BCUT2D eigenvalue weighted by Gasteiger charge is 2.28. The van der Waals surface area contributed by atoms with E-state index in [9.17, 15) is 9.59 Å². The van der Waals surface area contributed by atoms with Gasteiger partial charge in [0.15, 0.2) is 0 Å². The summed E-state index contributed by atoms with van der Waals surface area (Å²) in [5.74, 6) is -0.0303. The van der Waals surface area contributed by atoms with E-state index in [0.29, 0.717) is 29.2 Å². The first-order chi connectivity index (χ1) is 12.7. The van der Waals surface area contributed by atoms with Crippen molar-refractivity contribution in [2.45, 2.75) is 45.1 Å². The minimum absolute atomic E-state index is 0.251. The molecule has 1 saturated heterocycles. The van der Waals surface area contributed by atoms with Crippen LogP contribution in [0.1, 0.15) is 55.5 Å². The molecule has 0 spiro atoms. The number of hydrogen-bond donors (Lipinski definition) is 1. The number of carbonyl (C=O) groups excluding carboxylic acids is 2. The highest BCUT2D eigenvalue weighted by molar-refractivity contribution is 9.10. The van der Waals surface area contributed by atoms with Crippen molar-refractivity contribution in [2.24, 2.45) is 0 Å². The van der Waals surface area contributed by atoms with E-state index in [2.05, 4.69) is 33.0 Å². The molecule has 27 heavy (non-hydrogen) atoms. The van der Waals surface area contributed by atoms with E-state index in [-0.39, 0.29) is 12.1 Å². The van der Waals surface area contributed by atoms with Crippen molar-refractivity contribution in [3.63, 3.8) is 0 Å². The molecule has 0 radical (unpaired) electrons. The second kappa shape index (κ2) is 7.54. The summed E-state index contributed by atoms with van der Waals surface area (Å²) in [5, 5.41) is 0.848. The zero-order valence-corrected chi connectivity index (χ0v) is 17.7. The predicted octanol–water partition coefficient (Wildman–Crippen LogP) is 4.83. The summed E-state index contributed by atoms with van der Waals surface area (Å²) < 4.78 is 11.0. The third-order valence-corrected chi connectivity index (χ3v) is 5.38. The number of esters is 1. The van der Waals surface area contributed by atoms with Crippen LogP contribution >= 0.6 is 15.9 Å². The fourth-order valence-corrected chi connectivity index (χ4v) is 4.04. The molecule has 0 aliphatic carbocycles. The molecule has 0 unspecified atom stereocenters. The summed E-state index contributed by atoms with van der Waals surface area (Å²) in [6, 6.07) is 6.12. The van der Waals surface area contributed by atoms with E-state index in [0.717, 1.165) is 23.7 Å². The van der Waals surface area contributed by atoms with Crippen molar-refractivity contribution in [3.8, 4) is 0 Å². The molecule has 1 aliphatic heterocycles. The monoisotopic (exact) mass is 436 g/mol. The summed E-state index contributed by atoms with van der Waals surface area (Å²) in [5.41, 5.74) is 2.09. The van der Waals surface area contributed by atoms with Gasteiger partial charge in [0, 0.05) is 24.0 Å². The van der Waals surface area contributed by atoms with Crippen LogP contribution in [0, 0.1) is 0 Å². The van der Waals surface area contributed by atoms with Gasteiger partial charge in [0.1, 0.15) is 5.60 Å². The first-order valence-electron chi connectivity index (χ1n) is 9.07. The summed E-state index contributed by atoms with van der Waals surface area (Å²) in [6.45, 7) is 6.96. The van der Waals surface area contributed by atoms with Crippen LogP contribution in [0.2, 0.25) is 0 Å². The number of halogens is 1. The number of rotatable bonds is 2. The highest BCUT2D eigenvalue weighted by atomic mass is 79.9. The van der Waals surface area contributed by atoms with E-state index in [1.165, 1.54) is 12.7 Å². The number of likely N-dealkylation sites (tertiary alicyclic amines) is 1. The highest BCUT2D eigenvalue weighted by Crippen LogP contribution is 2.34.